The molecule has 2 aromatic rings. The quantitative estimate of drug-likeness (QED) is 0.734. The van der Waals surface area contributed by atoms with Crippen molar-refractivity contribution in [2.24, 2.45) is 0 Å². The zero-order valence-electron chi connectivity index (χ0n) is 19.1. The Balaban J connectivity index is 1.19. The number of likely N-dealkylation sites (tertiary alicyclic amines) is 1. The number of aryl methyl sites for hydroxylation is 2. The SMILES string of the molecule is Cc1cccc(C(=O)NCC(=O)N[C@@H]2CCN(C3CCN(c4cccc(C)c4)CC3)C2)c1. The minimum Gasteiger partial charge on any atom is -0.371 e. The molecule has 2 fully saturated rings. The summed E-state index contributed by atoms with van der Waals surface area (Å²) in [4.78, 5) is 29.6. The van der Waals surface area contributed by atoms with Gasteiger partial charge in [-0.15, -0.1) is 0 Å². The lowest BCUT2D eigenvalue weighted by molar-refractivity contribution is -0.120. The van der Waals surface area contributed by atoms with Crippen molar-refractivity contribution in [3.8, 4) is 0 Å². The number of nitrogens with one attached hydrogen (secondary N) is 2. The lowest BCUT2D eigenvalue weighted by Crippen LogP contribution is -2.46. The van der Waals surface area contributed by atoms with Crippen LogP contribution in [0.15, 0.2) is 48.5 Å². The molecule has 0 aromatic heterocycles. The van der Waals surface area contributed by atoms with E-state index in [0.717, 1.165) is 51.0 Å². The van der Waals surface area contributed by atoms with E-state index in [0.29, 0.717) is 11.6 Å². The molecule has 1 atom stereocenters. The molecule has 2 N–H and O–H groups in total. The van der Waals surface area contributed by atoms with E-state index in [2.05, 4.69) is 51.6 Å². The number of anilines is 1. The number of nitrogens with zero attached hydrogens (tertiary/aromatic N) is 2. The number of amides is 2. The third kappa shape index (κ3) is 5.68. The van der Waals surface area contributed by atoms with E-state index in [1.807, 2.05) is 25.1 Å². The number of benzene rings is 2. The van der Waals surface area contributed by atoms with Gasteiger partial charge in [-0.3, -0.25) is 14.5 Å². The Morgan fingerprint density at radius 3 is 2.38 bits per heavy atom. The topological polar surface area (TPSA) is 64.7 Å². The molecule has 2 aliphatic rings. The molecule has 2 saturated heterocycles. The molecule has 2 aliphatic heterocycles. The normalized spacial score (nSPS) is 19.7. The fourth-order valence-corrected chi connectivity index (χ4v) is 4.88. The van der Waals surface area contributed by atoms with E-state index in [1.165, 1.54) is 11.3 Å². The first-order valence-corrected chi connectivity index (χ1v) is 11.7. The van der Waals surface area contributed by atoms with Crippen molar-refractivity contribution in [2.45, 2.75) is 45.2 Å². The average Bonchev–Trinajstić information content (AvgIpc) is 3.26. The fraction of sp³-hybridized carbons (Fsp3) is 0.462. The molecule has 32 heavy (non-hydrogen) atoms. The van der Waals surface area contributed by atoms with Crippen LogP contribution in [0.4, 0.5) is 5.69 Å². The van der Waals surface area contributed by atoms with Gasteiger partial charge in [0.05, 0.1) is 6.54 Å². The molecule has 2 aromatic carbocycles. The highest BCUT2D eigenvalue weighted by Gasteiger charge is 2.31. The number of carbonyl (C=O) groups is 2. The molecule has 0 spiro atoms. The van der Waals surface area contributed by atoms with Crippen molar-refractivity contribution in [2.75, 3.05) is 37.6 Å². The highest BCUT2D eigenvalue weighted by Crippen LogP contribution is 2.25. The van der Waals surface area contributed by atoms with Crippen molar-refractivity contribution in [3.63, 3.8) is 0 Å². The van der Waals surface area contributed by atoms with Gasteiger partial charge in [0.15, 0.2) is 0 Å². The van der Waals surface area contributed by atoms with Crippen LogP contribution in [0.1, 0.15) is 40.7 Å². The standard InChI is InChI=1S/C26H34N4O2/c1-19-5-3-7-21(15-19)26(32)27-17-25(31)28-22-9-12-30(18-22)23-10-13-29(14-11-23)24-8-4-6-20(2)16-24/h3-8,15-16,22-23H,9-14,17-18H2,1-2H3,(H,27,32)(H,28,31)/t22-/m1/s1. The van der Waals surface area contributed by atoms with Crippen LogP contribution in [0, 0.1) is 13.8 Å². The van der Waals surface area contributed by atoms with Crippen LogP contribution in [0.25, 0.3) is 0 Å². The van der Waals surface area contributed by atoms with Crippen LogP contribution in [-0.4, -0.2) is 61.5 Å². The molecule has 0 saturated carbocycles. The summed E-state index contributed by atoms with van der Waals surface area (Å²) in [5.41, 5.74) is 4.24. The third-order valence-corrected chi connectivity index (χ3v) is 6.62. The Kier molecular flexibility index (Phi) is 7.10. The van der Waals surface area contributed by atoms with Gasteiger partial charge in [0, 0.05) is 49.5 Å². The zero-order valence-corrected chi connectivity index (χ0v) is 19.1. The monoisotopic (exact) mass is 434 g/mol. The third-order valence-electron chi connectivity index (χ3n) is 6.62. The van der Waals surface area contributed by atoms with Gasteiger partial charge in [0.1, 0.15) is 0 Å². The van der Waals surface area contributed by atoms with Crippen LogP contribution < -0.4 is 15.5 Å². The number of rotatable bonds is 6. The summed E-state index contributed by atoms with van der Waals surface area (Å²) in [6, 6.07) is 16.9. The smallest absolute Gasteiger partial charge is 0.251 e. The highest BCUT2D eigenvalue weighted by molar-refractivity contribution is 5.96. The molecule has 0 radical (unpaired) electrons. The molecule has 6 heteroatoms. The zero-order chi connectivity index (χ0) is 22.5. The summed E-state index contributed by atoms with van der Waals surface area (Å²) in [5.74, 6) is -0.329. The average molecular weight is 435 g/mol. The predicted octanol–water partition coefficient (Wildman–Crippen LogP) is 2.89. The van der Waals surface area contributed by atoms with Crippen LogP contribution in [-0.2, 0) is 4.79 Å². The minimum atomic E-state index is -0.211. The number of hydrogen-bond acceptors (Lipinski definition) is 4. The molecule has 2 amide bonds. The van der Waals surface area contributed by atoms with Crippen LogP contribution >= 0.6 is 0 Å². The first kappa shape index (κ1) is 22.3. The lowest BCUT2D eigenvalue weighted by atomic mass is 10.0. The van der Waals surface area contributed by atoms with Crippen molar-refractivity contribution in [1.29, 1.82) is 0 Å². The summed E-state index contributed by atoms with van der Waals surface area (Å²) in [6.45, 7) is 8.17. The maximum atomic E-state index is 12.4. The van der Waals surface area contributed by atoms with Crippen molar-refractivity contribution < 1.29 is 9.59 Å². The van der Waals surface area contributed by atoms with Crippen molar-refractivity contribution >= 4 is 17.5 Å². The predicted molar refractivity (Wildman–Crippen MR) is 128 cm³/mol. The Labute approximate surface area is 191 Å². The lowest BCUT2D eigenvalue weighted by Gasteiger charge is -2.38. The van der Waals surface area contributed by atoms with Crippen molar-refractivity contribution in [3.05, 3.63) is 65.2 Å². The van der Waals surface area contributed by atoms with Crippen LogP contribution in [0.3, 0.4) is 0 Å². The second-order valence-corrected chi connectivity index (χ2v) is 9.16. The molecule has 6 nitrogen and oxygen atoms in total. The molecular weight excluding hydrogens is 400 g/mol. The van der Waals surface area contributed by atoms with Crippen molar-refractivity contribution in [1.82, 2.24) is 15.5 Å². The fourth-order valence-electron chi connectivity index (χ4n) is 4.88. The summed E-state index contributed by atoms with van der Waals surface area (Å²) in [5, 5.41) is 5.83. The van der Waals surface area contributed by atoms with E-state index in [-0.39, 0.29) is 24.4 Å². The number of hydrogen-bond donors (Lipinski definition) is 2. The Hall–Kier alpha value is -2.86. The van der Waals surface area contributed by atoms with Crippen LogP contribution in [0.5, 0.6) is 0 Å². The maximum Gasteiger partial charge on any atom is 0.251 e. The van der Waals surface area contributed by atoms with E-state index in [9.17, 15) is 9.59 Å². The molecule has 0 bridgehead atoms. The molecule has 0 unspecified atom stereocenters. The van der Waals surface area contributed by atoms with E-state index < -0.39 is 0 Å². The van der Waals surface area contributed by atoms with Gasteiger partial charge in [0.2, 0.25) is 5.91 Å². The van der Waals surface area contributed by atoms with E-state index >= 15 is 0 Å². The Morgan fingerprint density at radius 1 is 0.938 bits per heavy atom. The minimum absolute atomic E-state index is 0.0121. The molecule has 2 heterocycles. The Morgan fingerprint density at radius 2 is 1.66 bits per heavy atom. The first-order chi connectivity index (χ1) is 15.5. The molecule has 170 valence electrons. The number of piperidine rings is 1. The summed E-state index contributed by atoms with van der Waals surface area (Å²) < 4.78 is 0. The molecule has 4 rings (SSSR count). The number of carbonyl (C=O) groups excluding carboxylic acids is 2. The maximum absolute atomic E-state index is 12.4. The summed E-state index contributed by atoms with van der Waals surface area (Å²) >= 11 is 0. The Bertz CT molecular complexity index is 952. The van der Waals surface area contributed by atoms with Crippen LogP contribution in [0.2, 0.25) is 0 Å². The van der Waals surface area contributed by atoms with E-state index in [1.54, 1.807) is 6.07 Å². The first-order valence-electron chi connectivity index (χ1n) is 11.7. The van der Waals surface area contributed by atoms with E-state index in [4.69, 9.17) is 0 Å². The van der Waals surface area contributed by atoms with Gasteiger partial charge in [-0.05, 0) is 62.9 Å². The second kappa shape index (κ2) is 10.2. The van der Waals surface area contributed by atoms with Gasteiger partial charge in [-0.2, -0.15) is 0 Å². The van der Waals surface area contributed by atoms with Gasteiger partial charge in [0.25, 0.3) is 5.91 Å². The molecular formula is C26H34N4O2. The molecule has 0 aliphatic carbocycles. The van der Waals surface area contributed by atoms with Gasteiger partial charge in [-0.25, -0.2) is 0 Å². The van der Waals surface area contributed by atoms with Gasteiger partial charge < -0.3 is 15.5 Å². The van der Waals surface area contributed by atoms with Gasteiger partial charge >= 0.3 is 0 Å². The summed E-state index contributed by atoms with van der Waals surface area (Å²) in [7, 11) is 0. The highest BCUT2D eigenvalue weighted by atomic mass is 16.2. The second-order valence-electron chi connectivity index (χ2n) is 9.16. The largest absolute Gasteiger partial charge is 0.371 e. The van der Waals surface area contributed by atoms with Gasteiger partial charge in [-0.1, -0.05) is 29.8 Å². The summed E-state index contributed by atoms with van der Waals surface area (Å²) in [6.07, 6.45) is 3.28.